The highest BCUT2D eigenvalue weighted by atomic mass is 16.5. The topological polar surface area (TPSA) is 97.3 Å². The molecule has 2 N–H and O–H groups in total. The number of benzene rings is 2. The quantitative estimate of drug-likeness (QED) is 0.428. The number of ether oxygens (including phenoxy) is 1. The molecule has 3 heterocycles. The molecule has 208 valence electrons. The summed E-state index contributed by atoms with van der Waals surface area (Å²) < 4.78 is 5.84. The van der Waals surface area contributed by atoms with Crippen molar-refractivity contribution in [1.29, 1.82) is 0 Å². The van der Waals surface area contributed by atoms with Gasteiger partial charge in [-0.2, -0.15) is 4.98 Å². The standard InChI is InChI=1S/C29H39N7O3/c1-33(2)25-10-7-11-26(39-4)23(25)19-36(21-12-14-30-15-13-21)27-22-8-5-6-9-24(22)31-28(32-27)35-17-20(18-35)16-34(3)29(37)38/h5-11,20-21,30H,12-19H2,1-4H3,(H,37,38). The van der Waals surface area contributed by atoms with Gasteiger partial charge < -0.3 is 34.8 Å². The third-order valence-corrected chi connectivity index (χ3v) is 7.83. The summed E-state index contributed by atoms with van der Waals surface area (Å²) >= 11 is 0. The van der Waals surface area contributed by atoms with E-state index >= 15 is 0 Å². The van der Waals surface area contributed by atoms with E-state index in [-0.39, 0.29) is 5.92 Å². The van der Waals surface area contributed by atoms with Crippen LogP contribution in [0.5, 0.6) is 5.75 Å². The lowest BCUT2D eigenvalue weighted by molar-refractivity contribution is 0.145. The maximum absolute atomic E-state index is 11.3. The highest BCUT2D eigenvalue weighted by Gasteiger charge is 2.33. The van der Waals surface area contributed by atoms with Crippen LogP contribution in [0.3, 0.4) is 0 Å². The fourth-order valence-electron chi connectivity index (χ4n) is 5.71. The van der Waals surface area contributed by atoms with Gasteiger partial charge in [0.05, 0.1) is 19.2 Å². The Bertz CT molecular complexity index is 1310. The van der Waals surface area contributed by atoms with Crippen LogP contribution in [0, 0.1) is 5.92 Å². The number of methoxy groups -OCH3 is 1. The molecule has 3 aromatic rings. The molecule has 0 saturated carbocycles. The lowest BCUT2D eigenvalue weighted by atomic mass is 10.00. The maximum atomic E-state index is 11.3. The van der Waals surface area contributed by atoms with Gasteiger partial charge in [0, 0.05) is 69.4 Å². The number of amides is 1. The molecule has 2 saturated heterocycles. The van der Waals surface area contributed by atoms with E-state index in [0.717, 1.165) is 72.7 Å². The Morgan fingerprint density at radius 3 is 2.51 bits per heavy atom. The van der Waals surface area contributed by atoms with Gasteiger partial charge in [-0.1, -0.05) is 18.2 Å². The Balaban J connectivity index is 1.54. The number of nitrogens with zero attached hydrogens (tertiary/aromatic N) is 6. The van der Waals surface area contributed by atoms with E-state index in [1.54, 1.807) is 14.2 Å². The molecule has 10 heteroatoms. The summed E-state index contributed by atoms with van der Waals surface area (Å²) in [5.74, 6) is 2.77. The molecule has 0 unspecified atom stereocenters. The lowest BCUT2D eigenvalue weighted by Gasteiger charge is -2.41. The van der Waals surface area contributed by atoms with Crippen molar-refractivity contribution in [3.8, 4) is 5.75 Å². The summed E-state index contributed by atoms with van der Waals surface area (Å²) in [7, 11) is 7.47. The first-order chi connectivity index (χ1) is 18.9. The highest BCUT2D eigenvalue weighted by molar-refractivity contribution is 5.91. The van der Waals surface area contributed by atoms with Crippen LogP contribution in [0.2, 0.25) is 0 Å². The smallest absolute Gasteiger partial charge is 0.407 e. The number of hydrogen-bond donors (Lipinski definition) is 2. The average molecular weight is 534 g/mol. The molecule has 0 spiro atoms. The predicted octanol–water partition coefficient (Wildman–Crippen LogP) is 3.51. The molecule has 2 fully saturated rings. The number of nitrogens with one attached hydrogen (secondary N) is 1. The predicted molar refractivity (Wildman–Crippen MR) is 155 cm³/mol. The summed E-state index contributed by atoms with van der Waals surface area (Å²) in [5, 5.41) is 13.8. The summed E-state index contributed by atoms with van der Waals surface area (Å²) in [6.07, 6.45) is 1.14. The second-order valence-electron chi connectivity index (χ2n) is 10.8. The minimum Gasteiger partial charge on any atom is -0.496 e. The van der Waals surface area contributed by atoms with Crippen LogP contribution < -0.4 is 24.8 Å². The van der Waals surface area contributed by atoms with Gasteiger partial charge in [-0.3, -0.25) is 0 Å². The number of piperidine rings is 1. The van der Waals surface area contributed by atoms with Gasteiger partial charge in [0.1, 0.15) is 11.6 Å². The first-order valence-electron chi connectivity index (χ1n) is 13.6. The molecule has 10 nitrogen and oxygen atoms in total. The molecule has 5 rings (SSSR count). The van der Waals surface area contributed by atoms with Gasteiger partial charge in [0.25, 0.3) is 0 Å². The van der Waals surface area contributed by atoms with Crippen molar-refractivity contribution in [2.75, 3.05) is 75.7 Å². The van der Waals surface area contributed by atoms with Gasteiger partial charge >= 0.3 is 6.09 Å². The van der Waals surface area contributed by atoms with Crippen molar-refractivity contribution in [3.05, 3.63) is 48.0 Å². The van der Waals surface area contributed by atoms with Gasteiger partial charge in [-0.05, 0) is 50.2 Å². The van der Waals surface area contributed by atoms with Crippen LogP contribution in [0.4, 0.5) is 22.2 Å². The second-order valence-corrected chi connectivity index (χ2v) is 10.8. The fraction of sp³-hybridized carbons (Fsp3) is 0.483. The Morgan fingerprint density at radius 1 is 1.08 bits per heavy atom. The SMILES string of the molecule is COc1cccc(N(C)C)c1CN(c1nc(N2CC(CN(C)C(=O)O)C2)nc2ccccc12)C1CCNCC1. The monoisotopic (exact) mass is 533 g/mol. The first kappa shape index (κ1) is 26.8. The van der Waals surface area contributed by atoms with E-state index in [2.05, 4.69) is 52.3 Å². The Kier molecular flexibility index (Phi) is 7.92. The van der Waals surface area contributed by atoms with Gasteiger partial charge in [-0.15, -0.1) is 0 Å². The molecule has 0 aliphatic carbocycles. The normalized spacial score (nSPS) is 16.2. The summed E-state index contributed by atoms with van der Waals surface area (Å²) in [5.41, 5.74) is 3.17. The van der Waals surface area contributed by atoms with Crippen LogP contribution in [0.1, 0.15) is 18.4 Å². The van der Waals surface area contributed by atoms with E-state index in [1.165, 1.54) is 4.90 Å². The third-order valence-electron chi connectivity index (χ3n) is 7.83. The van der Waals surface area contributed by atoms with Crippen LogP contribution in [-0.2, 0) is 6.54 Å². The molecule has 2 aliphatic rings. The Labute approximate surface area is 230 Å². The van der Waals surface area contributed by atoms with Gasteiger partial charge in [0.15, 0.2) is 0 Å². The van der Waals surface area contributed by atoms with Crippen molar-refractivity contribution >= 4 is 34.4 Å². The van der Waals surface area contributed by atoms with Crippen LogP contribution in [-0.4, -0.2) is 93.1 Å². The number of para-hydroxylation sites is 1. The summed E-state index contributed by atoms with van der Waals surface area (Å²) in [6.45, 7) is 4.58. The zero-order valence-corrected chi connectivity index (χ0v) is 23.3. The van der Waals surface area contributed by atoms with Crippen molar-refractivity contribution in [2.45, 2.75) is 25.4 Å². The number of aromatic nitrogens is 2. The zero-order valence-electron chi connectivity index (χ0n) is 23.3. The molecule has 0 bridgehead atoms. The number of hydrogen-bond acceptors (Lipinski definition) is 8. The molecular weight excluding hydrogens is 494 g/mol. The Morgan fingerprint density at radius 2 is 1.82 bits per heavy atom. The molecule has 2 aliphatic heterocycles. The first-order valence-corrected chi connectivity index (χ1v) is 13.6. The van der Waals surface area contributed by atoms with Crippen molar-refractivity contribution in [1.82, 2.24) is 20.2 Å². The van der Waals surface area contributed by atoms with Crippen molar-refractivity contribution in [2.24, 2.45) is 5.92 Å². The third kappa shape index (κ3) is 5.66. The fourth-order valence-corrected chi connectivity index (χ4v) is 5.71. The highest BCUT2D eigenvalue weighted by Crippen LogP contribution is 2.36. The molecular formula is C29H39N7O3. The second kappa shape index (κ2) is 11.5. The van der Waals surface area contributed by atoms with Crippen LogP contribution in [0.15, 0.2) is 42.5 Å². The van der Waals surface area contributed by atoms with Crippen LogP contribution in [0.25, 0.3) is 10.9 Å². The number of fused-ring (bicyclic) bond motifs is 1. The van der Waals surface area contributed by atoms with E-state index in [4.69, 9.17) is 14.7 Å². The van der Waals surface area contributed by atoms with E-state index in [9.17, 15) is 9.90 Å². The van der Waals surface area contributed by atoms with E-state index in [1.807, 2.05) is 24.3 Å². The number of anilines is 3. The zero-order chi connectivity index (χ0) is 27.5. The van der Waals surface area contributed by atoms with Crippen LogP contribution >= 0.6 is 0 Å². The molecule has 2 aromatic carbocycles. The van der Waals surface area contributed by atoms with Gasteiger partial charge in [-0.25, -0.2) is 9.78 Å². The maximum Gasteiger partial charge on any atom is 0.407 e. The lowest BCUT2D eigenvalue weighted by Crippen LogP contribution is -2.52. The Hall–Kier alpha value is -3.79. The van der Waals surface area contributed by atoms with Gasteiger partial charge in [0.2, 0.25) is 5.95 Å². The molecule has 1 aromatic heterocycles. The number of carbonyl (C=O) groups is 1. The molecule has 1 amide bonds. The summed E-state index contributed by atoms with van der Waals surface area (Å²) in [4.78, 5) is 29.5. The van der Waals surface area contributed by atoms with Crippen molar-refractivity contribution in [3.63, 3.8) is 0 Å². The van der Waals surface area contributed by atoms with E-state index < -0.39 is 6.09 Å². The molecule has 0 radical (unpaired) electrons. The largest absolute Gasteiger partial charge is 0.496 e. The average Bonchev–Trinajstić information content (AvgIpc) is 2.93. The van der Waals surface area contributed by atoms with E-state index in [0.29, 0.717) is 25.1 Å². The molecule has 39 heavy (non-hydrogen) atoms. The molecule has 0 atom stereocenters. The summed E-state index contributed by atoms with van der Waals surface area (Å²) in [6, 6.07) is 14.7. The minimum atomic E-state index is -0.899. The number of carboxylic acid groups (broad SMARTS) is 1. The minimum absolute atomic E-state index is 0.265. The number of rotatable bonds is 9. The van der Waals surface area contributed by atoms with Crippen molar-refractivity contribution < 1.29 is 14.6 Å².